The summed E-state index contributed by atoms with van der Waals surface area (Å²) in [5.74, 6) is -2.65. The van der Waals surface area contributed by atoms with E-state index in [-0.39, 0.29) is 0 Å². The van der Waals surface area contributed by atoms with Crippen molar-refractivity contribution < 1.29 is 27.4 Å². The van der Waals surface area contributed by atoms with Crippen molar-refractivity contribution in [2.24, 2.45) is 0 Å². The van der Waals surface area contributed by atoms with Crippen LogP contribution in [0.25, 0.3) is 0 Å². The topological polar surface area (TPSA) is 47.6 Å². The summed E-state index contributed by atoms with van der Waals surface area (Å²) in [6.07, 6.45) is -5.26. The summed E-state index contributed by atoms with van der Waals surface area (Å²) in [7, 11) is 0. The number of ether oxygens (including phenoxy) is 2. The van der Waals surface area contributed by atoms with Crippen LogP contribution in [0.5, 0.6) is 0 Å². The van der Waals surface area contributed by atoms with Gasteiger partial charge < -0.3 is 9.47 Å². The molecule has 1 N–H and O–H groups in total. The molecule has 2 aliphatic rings. The summed E-state index contributed by atoms with van der Waals surface area (Å²) in [6, 6.07) is 5.73. The van der Waals surface area contributed by atoms with Gasteiger partial charge in [0.1, 0.15) is 0 Å². The smallest absolute Gasteiger partial charge is 0.439 e. The summed E-state index contributed by atoms with van der Waals surface area (Å²) in [6.45, 7) is 4.57. The molecule has 7 heteroatoms. The van der Waals surface area contributed by atoms with Crippen LogP contribution >= 0.6 is 0 Å². The average molecular weight is 329 g/mol. The molecule has 0 aromatic heterocycles. The first-order valence-electron chi connectivity index (χ1n) is 7.52. The Balaban J connectivity index is 1.96. The molecule has 0 aliphatic carbocycles. The second-order valence-electron chi connectivity index (χ2n) is 6.12. The molecule has 2 aliphatic heterocycles. The lowest BCUT2D eigenvalue weighted by Gasteiger charge is -2.39. The van der Waals surface area contributed by atoms with Crippen molar-refractivity contribution >= 4 is 5.97 Å². The lowest BCUT2D eigenvalue weighted by molar-refractivity contribution is -0.207. The molecule has 1 saturated heterocycles. The van der Waals surface area contributed by atoms with E-state index in [1.165, 1.54) is 0 Å². The van der Waals surface area contributed by atoms with Gasteiger partial charge in [-0.1, -0.05) is 25.1 Å². The summed E-state index contributed by atoms with van der Waals surface area (Å²) >= 11 is 0. The van der Waals surface area contributed by atoms with E-state index in [0.29, 0.717) is 13.2 Å². The third-order valence-corrected chi connectivity index (χ3v) is 4.65. The number of rotatable bonds is 2. The fraction of sp³-hybridized carbons (Fsp3) is 0.562. The zero-order valence-corrected chi connectivity index (χ0v) is 12.9. The number of halogens is 3. The zero-order chi connectivity index (χ0) is 16.8. The van der Waals surface area contributed by atoms with Crippen molar-refractivity contribution in [3.63, 3.8) is 0 Å². The number of nitrogens with one attached hydrogen (secondary N) is 1. The van der Waals surface area contributed by atoms with Crippen LogP contribution in [0.2, 0.25) is 0 Å². The molecule has 0 saturated carbocycles. The second kappa shape index (κ2) is 5.49. The maximum Gasteiger partial charge on any atom is 0.490 e. The molecule has 0 bridgehead atoms. The summed E-state index contributed by atoms with van der Waals surface area (Å²) < 4.78 is 48.1. The zero-order valence-electron chi connectivity index (χ0n) is 12.9. The number of esters is 1. The van der Waals surface area contributed by atoms with E-state index >= 15 is 0 Å². The minimum atomic E-state index is -5.01. The molecule has 4 nitrogen and oxygen atoms in total. The number of fused-ring (bicyclic) bond motifs is 3. The summed E-state index contributed by atoms with van der Waals surface area (Å²) in [5, 5.41) is 2.85. The van der Waals surface area contributed by atoms with Gasteiger partial charge in [0.2, 0.25) is 0 Å². The average Bonchev–Trinajstić information content (AvgIpc) is 2.83. The van der Waals surface area contributed by atoms with Crippen LogP contribution in [0.4, 0.5) is 13.2 Å². The van der Waals surface area contributed by atoms with E-state index < -0.39 is 29.9 Å². The number of hydrogen-bond acceptors (Lipinski definition) is 4. The molecule has 3 atom stereocenters. The van der Waals surface area contributed by atoms with Crippen molar-refractivity contribution in [2.75, 3.05) is 6.54 Å². The Kier molecular flexibility index (Phi) is 3.88. The highest BCUT2D eigenvalue weighted by Crippen LogP contribution is 2.45. The molecule has 0 amide bonds. The van der Waals surface area contributed by atoms with Gasteiger partial charge in [-0.2, -0.15) is 13.2 Å². The Morgan fingerprint density at radius 2 is 2.22 bits per heavy atom. The Hall–Kier alpha value is -1.60. The quantitative estimate of drug-likeness (QED) is 0.848. The summed E-state index contributed by atoms with van der Waals surface area (Å²) in [5.41, 5.74) is 2.27. The van der Waals surface area contributed by atoms with Crippen molar-refractivity contribution in [3.8, 4) is 0 Å². The van der Waals surface area contributed by atoms with Gasteiger partial charge in [-0.3, -0.25) is 5.32 Å². The van der Waals surface area contributed by atoms with Crippen LogP contribution in [0, 0.1) is 0 Å². The highest BCUT2D eigenvalue weighted by Gasteiger charge is 2.54. The van der Waals surface area contributed by atoms with Crippen LogP contribution in [-0.2, 0) is 27.3 Å². The molecule has 23 heavy (non-hydrogen) atoms. The number of carbonyl (C=O) groups is 1. The predicted molar refractivity (Wildman–Crippen MR) is 75.7 cm³/mol. The molecule has 1 aromatic rings. The fourth-order valence-corrected chi connectivity index (χ4v) is 3.47. The van der Waals surface area contributed by atoms with Gasteiger partial charge in [0.05, 0.1) is 18.1 Å². The fourth-order valence-electron chi connectivity index (χ4n) is 3.47. The number of aryl methyl sites for hydroxylation is 1. The van der Waals surface area contributed by atoms with E-state index in [1.54, 1.807) is 0 Å². The van der Waals surface area contributed by atoms with Crippen LogP contribution in [0.1, 0.15) is 36.5 Å². The van der Waals surface area contributed by atoms with Gasteiger partial charge in [-0.25, -0.2) is 4.79 Å². The van der Waals surface area contributed by atoms with Crippen LogP contribution in [0.3, 0.4) is 0 Å². The Labute approximate surface area is 132 Å². The van der Waals surface area contributed by atoms with Gasteiger partial charge in [0.25, 0.3) is 0 Å². The number of alkyl halides is 3. The number of hydrogen-bond donors (Lipinski definition) is 1. The molecular weight excluding hydrogens is 311 g/mol. The van der Waals surface area contributed by atoms with Gasteiger partial charge in [0, 0.05) is 6.54 Å². The highest BCUT2D eigenvalue weighted by molar-refractivity contribution is 5.76. The summed E-state index contributed by atoms with van der Waals surface area (Å²) in [4.78, 5) is 11.2. The van der Waals surface area contributed by atoms with Crippen molar-refractivity contribution in [3.05, 3.63) is 34.9 Å². The van der Waals surface area contributed by atoms with Gasteiger partial charge in [-0.15, -0.1) is 0 Å². The number of benzene rings is 1. The standard InChI is InChI=1S/C16H18F3NO3/c1-3-9-5-4-6-10-11(9)7-22-15(2)8-20-13(12(10)15)23-14(21)16(17,18)19/h4-6,12-13,20H,3,7-8H2,1-2H3. The molecule has 126 valence electrons. The van der Waals surface area contributed by atoms with E-state index in [2.05, 4.69) is 10.1 Å². The van der Waals surface area contributed by atoms with E-state index in [9.17, 15) is 18.0 Å². The molecule has 0 spiro atoms. The minimum Gasteiger partial charge on any atom is -0.439 e. The molecular formula is C16H18F3NO3. The lowest BCUT2D eigenvalue weighted by atomic mass is 9.79. The van der Waals surface area contributed by atoms with Crippen LogP contribution < -0.4 is 5.32 Å². The van der Waals surface area contributed by atoms with Crippen molar-refractivity contribution in [2.45, 2.75) is 50.8 Å². The maximum atomic E-state index is 12.5. The molecule has 2 heterocycles. The van der Waals surface area contributed by atoms with E-state index in [0.717, 1.165) is 23.1 Å². The Bertz CT molecular complexity index is 631. The van der Waals surface area contributed by atoms with E-state index in [4.69, 9.17) is 4.74 Å². The molecule has 3 unspecified atom stereocenters. The first-order chi connectivity index (χ1) is 10.8. The van der Waals surface area contributed by atoms with Crippen molar-refractivity contribution in [1.82, 2.24) is 5.32 Å². The Morgan fingerprint density at radius 3 is 2.87 bits per heavy atom. The first-order valence-corrected chi connectivity index (χ1v) is 7.52. The predicted octanol–water partition coefficient (Wildman–Crippen LogP) is 2.66. The van der Waals surface area contributed by atoms with Crippen LogP contribution in [-0.4, -0.2) is 30.5 Å². The van der Waals surface area contributed by atoms with E-state index in [1.807, 2.05) is 32.0 Å². The molecule has 3 rings (SSSR count). The lowest BCUT2D eigenvalue weighted by Crippen LogP contribution is -2.43. The third-order valence-electron chi connectivity index (χ3n) is 4.65. The number of carbonyl (C=O) groups excluding carboxylic acids is 1. The largest absolute Gasteiger partial charge is 0.490 e. The first kappa shape index (κ1) is 16.3. The molecule has 1 fully saturated rings. The van der Waals surface area contributed by atoms with Crippen LogP contribution in [0.15, 0.2) is 18.2 Å². The second-order valence-corrected chi connectivity index (χ2v) is 6.12. The monoisotopic (exact) mass is 329 g/mol. The highest BCUT2D eigenvalue weighted by atomic mass is 19.4. The molecule has 1 aromatic carbocycles. The molecule has 0 radical (unpaired) electrons. The van der Waals surface area contributed by atoms with Gasteiger partial charge in [0.15, 0.2) is 6.23 Å². The van der Waals surface area contributed by atoms with Crippen molar-refractivity contribution in [1.29, 1.82) is 0 Å². The SMILES string of the molecule is CCc1cccc2c1COC1(C)CNC(OC(=O)C(F)(F)F)C21. The van der Waals surface area contributed by atoms with Gasteiger partial charge >= 0.3 is 12.1 Å². The van der Waals surface area contributed by atoms with Gasteiger partial charge in [-0.05, 0) is 30.0 Å². The maximum absolute atomic E-state index is 12.5. The normalized spacial score (nSPS) is 29.8. The third kappa shape index (κ3) is 2.72. The Morgan fingerprint density at radius 1 is 1.48 bits per heavy atom. The minimum absolute atomic E-state index is 0.323.